The minimum Gasteiger partial charge on any atom is -0.438 e. The molecular weight excluding hydrogens is 390 g/mol. The van der Waals surface area contributed by atoms with Gasteiger partial charge in [-0.3, -0.25) is 14.8 Å². The largest absolute Gasteiger partial charge is 0.438 e. The van der Waals surface area contributed by atoms with Crippen molar-refractivity contribution in [1.29, 1.82) is 0 Å². The van der Waals surface area contributed by atoms with Crippen molar-refractivity contribution in [3.05, 3.63) is 90.4 Å². The highest BCUT2D eigenvalue weighted by Gasteiger charge is 2.14. The van der Waals surface area contributed by atoms with Gasteiger partial charge in [0.05, 0.1) is 0 Å². The Hall–Kier alpha value is -4.00. The number of rotatable bonds is 8. The Kier molecular flexibility index (Phi) is 7.88. The van der Waals surface area contributed by atoms with Gasteiger partial charge >= 0.3 is 0 Å². The third-order valence-corrected chi connectivity index (χ3v) is 4.29. The quantitative estimate of drug-likeness (QED) is 0.414. The standard InChI is InChI=1S/C24H25N5O2/c1-3-4-9-22(25-2)29-19-10-12-20(13-11-19)31-24-21(8-6-15-27-24)23(30)28-17-18-7-5-14-26-16-18/h4-16H,3,17H2,1-2H3,(H,25,29)(H,28,30)/b9-4-. The summed E-state index contributed by atoms with van der Waals surface area (Å²) in [6.07, 6.45) is 9.91. The Morgan fingerprint density at radius 2 is 1.94 bits per heavy atom. The molecule has 7 heteroatoms. The first kappa shape index (κ1) is 21.7. The number of amides is 1. The van der Waals surface area contributed by atoms with E-state index in [2.05, 4.69) is 32.5 Å². The van der Waals surface area contributed by atoms with Crippen LogP contribution >= 0.6 is 0 Å². The van der Waals surface area contributed by atoms with Gasteiger partial charge in [-0.1, -0.05) is 19.1 Å². The minimum atomic E-state index is -0.267. The number of carbonyl (C=O) groups is 1. The number of nitrogens with zero attached hydrogens (tertiary/aromatic N) is 3. The maximum Gasteiger partial charge on any atom is 0.257 e. The Morgan fingerprint density at radius 3 is 2.65 bits per heavy atom. The van der Waals surface area contributed by atoms with Crippen LogP contribution in [0.3, 0.4) is 0 Å². The van der Waals surface area contributed by atoms with E-state index in [0.29, 0.717) is 17.9 Å². The Bertz CT molecular complexity index is 1050. The zero-order chi connectivity index (χ0) is 21.9. The van der Waals surface area contributed by atoms with Gasteiger partial charge in [-0.2, -0.15) is 0 Å². The predicted molar refractivity (Wildman–Crippen MR) is 123 cm³/mol. The van der Waals surface area contributed by atoms with E-state index in [1.54, 1.807) is 37.8 Å². The van der Waals surface area contributed by atoms with Gasteiger partial charge in [0, 0.05) is 37.9 Å². The van der Waals surface area contributed by atoms with Crippen molar-refractivity contribution in [2.45, 2.75) is 19.9 Å². The summed E-state index contributed by atoms with van der Waals surface area (Å²) in [6, 6.07) is 14.5. The Morgan fingerprint density at radius 1 is 1.13 bits per heavy atom. The topological polar surface area (TPSA) is 88.5 Å². The molecule has 0 aliphatic heterocycles. The molecule has 0 saturated heterocycles. The Balaban J connectivity index is 1.66. The lowest BCUT2D eigenvalue weighted by Crippen LogP contribution is -2.23. The number of amidine groups is 1. The molecule has 0 spiro atoms. The first-order chi connectivity index (χ1) is 15.2. The highest BCUT2D eigenvalue weighted by molar-refractivity contribution is 6.03. The third-order valence-electron chi connectivity index (χ3n) is 4.29. The van der Waals surface area contributed by atoms with Crippen LogP contribution in [0.4, 0.5) is 5.69 Å². The summed E-state index contributed by atoms with van der Waals surface area (Å²) in [5.41, 5.74) is 2.15. The molecule has 1 aromatic carbocycles. The van der Waals surface area contributed by atoms with E-state index in [0.717, 1.165) is 23.5 Å². The molecule has 2 aromatic heterocycles. The predicted octanol–water partition coefficient (Wildman–Crippen LogP) is 4.61. The van der Waals surface area contributed by atoms with E-state index in [-0.39, 0.29) is 11.8 Å². The van der Waals surface area contributed by atoms with E-state index in [1.807, 2.05) is 48.6 Å². The van der Waals surface area contributed by atoms with Crippen molar-refractivity contribution >= 4 is 17.4 Å². The van der Waals surface area contributed by atoms with E-state index < -0.39 is 0 Å². The van der Waals surface area contributed by atoms with Crippen LogP contribution in [-0.2, 0) is 6.54 Å². The summed E-state index contributed by atoms with van der Waals surface area (Å²) in [5.74, 6) is 1.32. The lowest BCUT2D eigenvalue weighted by molar-refractivity contribution is 0.0948. The maximum absolute atomic E-state index is 12.6. The zero-order valence-electron chi connectivity index (χ0n) is 17.6. The number of benzene rings is 1. The highest BCUT2D eigenvalue weighted by atomic mass is 16.5. The van der Waals surface area contributed by atoms with Crippen LogP contribution in [0.2, 0.25) is 0 Å². The fraction of sp³-hybridized carbons (Fsp3) is 0.167. The summed E-state index contributed by atoms with van der Waals surface area (Å²) >= 11 is 0. The van der Waals surface area contributed by atoms with Crippen LogP contribution in [0.1, 0.15) is 29.3 Å². The summed E-state index contributed by atoms with van der Waals surface area (Å²) in [6.45, 7) is 2.44. The fourth-order valence-electron chi connectivity index (χ4n) is 2.69. The molecule has 0 bridgehead atoms. The van der Waals surface area contributed by atoms with Gasteiger partial charge < -0.3 is 15.4 Å². The van der Waals surface area contributed by atoms with Crippen molar-refractivity contribution < 1.29 is 9.53 Å². The molecule has 2 heterocycles. The van der Waals surface area contributed by atoms with Gasteiger partial charge in [0.2, 0.25) is 5.88 Å². The highest BCUT2D eigenvalue weighted by Crippen LogP contribution is 2.24. The number of aromatic nitrogens is 2. The molecule has 158 valence electrons. The summed E-state index contributed by atoms with van der Waals surface area (Å²) < 4.78 is 5.88. The van der Waals surface area contributed by atoms with Crippen LogP contribution in [0.25, 0.3) is 0 Å². The number of carbonyl (C=O) groups excluding carboxylic acids is 1. The van der Waals surface area contributed by atoms with Gasteiger partial charge in [-0.25, -0.2) is 4.98 Å². The SMILES string of the molecule is CC/C=C\C(=NC)Nc1ccc(Oc2ncccc2C(=O)NCc2cccnc2)cc1. The third kappa shape index (κ3) is 6.50. The van der Waals surface area contributed by atoms with E-state index in [4.69, 9.17) is 4.74 Å². The molecule has 2 N–H and O–H groups in total. The molecule has 0 unspecified atom stereocenters. The van der Waals surface area contributed by atoms with Crippen molar-refractivity contribution in [2.24, 2.45) is 4.99 Å². The van der Waals surface area contributed by atoms with Crippen LogP contribution in [0.5, 0.6) is 11.6 Å². The van der Waals surface area contributed by atoms with Gasteiger partial charge in [-0.05, 0) is 60.5 Å². The normalized spacial score (nSPS) is 11.4. The molecule has 0 fully saturated rings. The molecule has 0 radical (unpaired) electrons. The van der Waals surface area contributed by atoms with Crippen molar-refractivity contribution in [2.75, 3.05) is 12.4 Å². The smallest absolute Gasteiger partial charge is 0.257 e. The molecule has 3 aromatic rings. The summed E-state index contributed by atoms with van der Waals surface area (Å²) in [7, 11) is 1.74. The number of hydrogen-bond donors (Lipinski definition) is 2. The average molecular weight is 415 g/mol. The number of anilines is 1. The number of aliphatic imine (C=N–C) groups is 1. The molecule has 7 nitrogen and oxygen atoms in total. The molecule has 31 heavy (non-hydrogen) atoms. The average Bonchev–Trinajstić information content (AvgIpc) is 2.82. The minimum absolute atomic E-state index is 0.244. The Labute approximate surface area is 181 Å². The summed E-state index contributed by atoms with van der Waals surface area (Å²) in [5, 5.41) is 6.11. The van der Waals surface area contributed by atoms with Crippen LogP contribution in [0, 0.1) is 0 Å². The monoisotopic (exact) mass is 415 g/mol. The first-order valence-electron chi connectivity index (χ1n) is 10.00. The molecule has 0 saturated carbocycles. The van der Waals surface area contributed by atoms with Gasteiger partial charge in [0.15, 0.2) is 0 Å². The van der Waals surface area contributed by atoms with Gasteiger partial charge in [0.25, 0.3) is 5.91 Å². The second-order valence-electron chi connectivity index (χ2n) is 6.57. The second kappa shape index (κ2) is 11.3. The molecule has 0 aliphatic rings. The second-order valence-corrected chi connectivity index (χ2v) is 6.57. The number of hydrogen-bond acceptors (Lipinski definition) is 5. The van der Waals surface area contributed by atoms with Crippen molar-refractivity contribution in [1.82, 2.24) is 15.3 Å². The van der Waals surface area contributed by atoms with Gasteiger partial charge in [0.1, 0.15) is 17.1 Å². The molecular formula is C24H25N5O2. The van der Waals surface area contributed by atoms with Crippen molar-refractivity contribution in [3.8, 4) is 11.6 Å². The number of nitrogens with one attached hydrogen (secondary N) is 2. The molecule has 1 amide bonds. The zero-order valence-corrected chi connectivity index (χ0v) is 17.6. The van der Waals surface area contributed by atoms with E-state index >= 15 is 0 Å². The molecule has 3 rings (SSSR count). The van der Waals surface area contributed by atoms with Crippen LogP contribution in [-0.4, -0.2) is 28.8 Å². The van der Waals surface area contributed by atoms with Crippen LogP contribution < -0.4 is 15.4 Å². The lowest BCUT2D eigenvalue weighted by atomic mass is 10.2. The first-order valence-corrected chi connectivity index (χ1v) is 10.00. The van der Waals surface area contributed by atoms with E-state index in [1.165, 1.54) is 0 Å². The van der Waals surface area contributed by atoms with E-state index in [9.17, 15) is 4.79 Å². The number of allylic oxidation sites excluding steroid dienone is 1. The molecule has 0 atom stereocenters. The fourth-order valence-corrected chi connectivity index (χ4v) is 2.69. The van der Waals surface area contributed by atoms with Crippen LogP contribution in [0.15, 0.2) is 84.3 Å². The maximum atomic E-state index is 12.6. The number of ether oxygens (including phenoxy) is 1. The number of pyridine rings is 2. The molecule has 0 aliphatic carbocycles. The lowest BCUT2D eigenvalue weighted by Gasteiger charge is -2.11. The summed E-state index contributed by atoms with van der Waals surface area (Å²) in [4.78, 5) is 25.1. The van der Waals surface area contributed by atoms with Crippen molar-refractivity contribution in [3.63, 3.8) is 0 Å². The van der Waals surface area contributed by atoms with Gasteiger partial charge in [-0.15, -0.1) is 0 Å².